The lowest BCUT2D eigenvalue weighted by atomic mass is 10.0. The molecule has 1 aromatic heterocycles. The van der Waals surface area contributed by atoms with Crippen molar-refractivity contribution in [2.75, 3.05) is 12.0 Å². The summed E-state index contributed by atoms with van der Waals surface area (Å²) in [6.07, 6.45) is 4.69. The third-order valence-electron chi connectivity index (χ3n) is 4.89. The van der Waals surface area contributed by atoms with Gasteiger partial charge in [0.1, 0.15) is 12.6 Å². The van der Waals surface area contributed by atoms with Crippen LogP contribution in [0.3, 0.4) is 0 Å². The average Bonchev–Trinajstić information content (AvgIpc) is 3.18. The lowest BCUT2D eigenvalue weighted by Crippen LogP contribution is -2.49. The quantitative estimate of drug-likeness (QED) is 0.402. The van der Waals surface area contributed by atoms with Gasteiger partial charge in [-0.2, -0.15) is 11.8 Å². The second-order valence-corrected chi connectivity index (χ2v) is 8.09. The second-order valence-electron chi connectivity index (χ2n) is 7.11. The van der Waals surface area contributed by atoms with Crippen molar-refractivity contribution in [3.05, 3.63) is 71.9 Å². The Hall–Kier alpha value is -2.48. The maximum Gasteiger partial charge on any atom is 0.329 e. The molecule has 0 bridgehead atoms. The molecule has 6 nitrogen and oxygen atoms in total. The molecule has 0 fully saturated rings. The lowest BCUT2D eigenvalue weighted by molar-refractivity contribution is -0.149. The SMILES string of the molecule is CSCC[C@H](NC(=O)[C@@H](N)Cc1c[nH]c2ccccc12)C(=O)OCc1ccccc1.Cl. The van der Waals surface area contributed by atoms with Gasteiger partial charge in [-0.05, 0) is 42.0 Å². The minimum Gasteiger partial charge on any atom is -0.459 e. The maximum absolute atomic E-state index is 12.7. The summed E-state index contributed by atoms with van der Waals surface area (Å²) in [5.41, 5.74) is 9.03. The van der Waals surface area contributed by atoms with Gasteiger partial charge in [-0.15, -0.1) is 12.4 Å². The number of esters is 1. The first kappa shape index (κ1) is 24.8. The number of ether oxygens (including phenoxy) is 1. The van der Waals surface area contributed by atoms with Crippen molar-refractivity contribution in [2.24, 2.45) is 5.73 Å². The number of halogens is 1. The van der Waals surface area contributed by atoms with Gasteiger partial charge in [-0.3, -0.25) is 4.79 Å². The summed E-state index contributed by atoms with van der Waals surface area (Å²) < 4.78 is 5.42. The van der Waals surface area contributed by atoms with Gasteiger partial charge in [-0.25, -0.2) is 4.79 Å². The Kier molecular flexibility index (Phi) is 9.91. The Balaban J connectivity index is 0.00000341. The molecule has 166 valence electrons. The standard InChI is InChI=1S/C23H27N3O3S.ClH/c1-30-12-11-21(23(28)29-15-16-7-3-2-4-8-16)26-22(27)19(24)13-17-14-25-20-10-6-5-9-18(17)20;/h2-10,14,19,21,25H,11-13,15,24H2,1H3,(H,26,27);1H/t19-,21-;/m0./s1. The molecule has 1 heterocycles. The highest BCUT2D eigenvalue weighted by atomic mass is 35.5. The van der Waals surface area contributed by atoms with Gasteiger partial charge in [0.2, 0.25) is 5.91 Å². The zero-order chi connectivity index (χ0) is 21.3. The number of para-hydroxylation sites is 1. The molecule has 0 spiro atoms. The molecule has 3 aromatic rings. The molecular weight excluding hydrogens is 434 g/mol. The summed E-state index contributed by atoms with van der Waals surface area (Å²) >= 11 is 1.61. The Morgan fingerprint density at radius 2 is 1.84 bits per heavy atom. The Morgan fingerprint density at radius 1 is 1.13 bits per heavy atom. The maximum atomic E-state index is 12.7. The minimum absolute atomic E-state index is 0. The largest absolute Gasteiger partial charge is 0.459 e. The summed E-state index contributed by atoms with van der Waals surface area (Å²) in [5, 5.41) is 3.83. The van der Waals surface area contributed by atoms with E-state index in [2.05, 4.69) is 10.3 Å². The molecule has 0 aliphatic rings. The normalized spacial score (nSPS) is 12.6. The van der Waals surface area contributed by atoms with Crippen molar-refractivity contribution in [1.29, 1.82) is 0 Å². The van der Waals surface area contributed by atoms with E-state index in [1.54, 1.807) is 11.8 Å². The van der Waals surface area contributed by atoms with E-state index in [0.29, 0.717) is 12.8 Å². The number of fused-ring (bicyclic) bond motifs is 1. The number of benzene rings is 2. The van der Waals surface area contributed by atoms with E-state index < -0.39 is 18.1 Å². The first-order chi connectivity index (χ1) is 14.6. The molecule has 4 N–H and O–H groups in total. The Morgan fingerprint density at radius 3 is 2.58 bits per heavy atom. The molecule has 3 rings (SSSR count). The van der Waals surface area contributed by atoms with Crippen LogP contribution in [0.15, 0.2) is 60.8 Å². The number of aromatic nitrogens is 1. The lowest BCUT2D eigenvalue weighted by Gasteiger charge is -2.20. The molecule has 2 atom stereocenters. The number of nitrogens with two attached hydrogens (primary N) is 1. The van der Waals surface area contributed by atoms with Crippen LogP contribution in [0.1, 0.15) is 17.5 Å². The number of thioether (sulfide) groups is 1. The topological polar surface area (TPSA) is 97.2 Å². The number of carbonyl (C=O) groups excluding carboxylic acids is 2. The number of amides is 1. The van der Waals surface area contributed by atoms with Gasteiger partial charge in [0.15, 0.2) is 0 Å². The van der Waals surface area contributed by atoms with E-state index >= 15 is 0 Å². The highest BCUT2D eigenvalue weighted by Crippen LogP contribution is 2.19. The van der Waals surface area contributed by atoms with E-state index in [-0.39, 0.29) is 24.9 Å². The molecule has 1 amide bonds. The molecule has 0 saturated carbocycles. The van der Waals surface area contributed by atoms with Gasteiger partial charge in [0.05, 0.1) is 6.04 Å². The van der Waals surface area contributed by atoms with Gasteiger partial charge < -0.3 is 20.8 Å². The van der Waals surface area contributed by atoms with Crippen LogP contribution >= 0.6 is 24.2 Å². The Bertz CT molecular complexity index is 980. The molecular formula is C23H28ClN3O3S. The molecule has 31 heavy (non-hydrogen) atoms. The number of nitrogens with one attached hydrogen (secondary N) is 2. The minimum atomic E-state index is -0.761. The van der Waals surface area contributed by atoms with Crippen LogP contribution in [0.5, 0.6) is 0 Å². The van der Waals surface area contributed by atoms with Crippen molar-refractivity contribution in [3.63, 3.8) is 0 Å². The van der Waals surface area contributed by atoms with Crippen molar-refractivity contribution in [1.82, 2.24) is 10.3 Å². The average molecular weight is 462 g/mol. The number of H-pyrrole nitrogens is 1. The first-order valence-electron chi connectivity index (χ1n) is 9.89. The van der Waals surface area contributed by atoms with Gasteiger partial charge in [-0.1, -0.05) is 48.5 Å². The predicted octanol–water partition coefficient (Wildman–Crippen LogP) is 3.44. The van der Waals surface area contributed by atoms with Crippen LogP contribution in [0.4, 0.5) is 0 Å². The van der Waals surface area contributed by atoms with Gasteiger partial charge >= 0.3 is 5.97 Å². The van der Waals surface area contributed by atoms with Crippen molar-refractivity contribution in [3.8, 4) is 0 Å². The molecule has 2 aromatic carbocycles. The molecule has 0 radical (unpaired) electrons. The van der Waals surface area contributed by atoms with Gasteiger partial charge in [0.25, 0.3) is 0 Å². The first-order valence-corrected chi connectivity index (χ1v) is 11.3. The third kappa shape index (κ3) is 7.02. The summed E-state index contributed by atoms with van der Waals surface area (Å²) in [6.45, 7) is 0.173. The number of carbonyl (C=O) groups is 2. The van der Waals surface area contributed by atoms with E-state index in [1.165, 1.54) is 0 Å². The summed E-state index contributed by atoms with van der Waals surface area (Å²) in [7, 11) is 0. The summed E-state index contributed by atoms with van der Waals surface area (Å²) in [5.74, 6) is -0.0770. The number of hydrogen-bond acceptors (Lipinski definition) is 5. The number of aromatic amines is 1. The zero-order valence-corrected chi connectivity index (χ0v) is 19.0. The van der Waals surface area contributed by atoms with E-state index in [9.17, 15) is 9.59 Å². The molecule has 0 saturated heterocycles. The molecule has 0 unspecified atom stereocenters. The van der Waals surface area contributed by atoms with E-state index in [1.807, 2.05) is 67.0 Å². The van der Waals surface area contributed by atoms with Crippen LogP contribution < -0.4 is 11.1 Å². The van der Waals surface area contributed by atoms with E-state index in [4.69, 9.17) is 10.5 Å². The van der Waals surface area contributed by atoms with E-state index in [0.717, 1.165) is 27.8 Å². The third-order valence-corrected chi connectivity index (χ3v) is 5.53. The zero-order valence-electron chi connectivity index (χ0n) is 17.4. The summed E-state index contributed by atoms with van der Waals surface area (Å²) in [4.78, 5) is 28.5. The molecule has 0 aliphatic carbocycles. The number of hydrogen-bond donors (Lipinski definition) is 3. The van der Waals surface area contributed by atoms with Gasteiger partial charge in [0, 0.05) is 17.1 Å². The van der Waals surface area contributed by atoms with Crippen molar-refractivity contribution < 1.29 is 14.3 Å². The van der Waals surface area contributed by atoms with Crippen LogP contribution in [-0.4, -0.2) is 41.0 Å². The molecule has 8 heteroatoms. The van der Waals surface area contributed by atoms with Crippen molar-refractivity contribution in [2.45, 2.75) is 31.5 Å². The highest BCUT2D eigenvalue weighted by molar-refractivity contribution is 7.98. The fraction of sp³-hybridized carbons (Fsp3) is 0.304. The smallest absolute Gasteiger partial charge is 0.329 e. The fourth-order valence-corrected chi connectivity index (χ4v) is 3.69. The van der Waals surface area contributed by atoms with Crippen LogP contribution in [0.2, 0.25) is 0 Å². The monoisotopic (exact) mass is 461 g/mol. The fourth-order valence-electron chi connectivity index (χ4n) is 3.22. The molecule has 0 aliphatic heterocycles. The highest BCUT2D eigenvalue weighted by Gasteiger charge is 2.25. The predicted molar refractivity (Wildman–Crippen MR) is 128 cm³/mol. The van der Waals surface area contributed by atoms with Crippen LogP contribution in [-0.2, 0) is 27.4 Å². The van der Waals surface area contributed by atoms with Crippen LogP contribution in [0.25, 0.3) is 10.9 Å². The van der Waals surface area contributed by atoms with Crippen molar-refractivity contribution >= 4 is 46.9 Å². The van der Waals surface area contributed by atoms with Crippen LogP contribution in [0, 0.1) is 0 Å². The number of rotatable bonds is 10. The summed E-state index contributed by atoms with van der Waals surface area (Å²) in [6, 6.07) is 15.9. The second kappa shape index (κ2) is 12.4. The Labute approximate surface area is 192 Å².